The van der Waals surface area contributed by atoms with Crippen LogP contribution in [0.4, 0.5) is 0 Å². The van der Waals surface area contributed by atoms with Crippen molar-refractivity contribution in [1.82, 2.24) is 19.9 Å². The van der Waals surface area contributed by atoms with E-state index in [0.717, 1.165) is 6.33 Å². The molecule has 76 valence electrons. The number of carbonyl (C=O) groups is 1. The van der Waals surface area contributed by atoms with Crippen molar-refractivity contribution >= 4 is 17.1 Å². The average molecular weight is 208 g/mol. The molecular weight excluding hydrogens is 204 g/mol. The van der Waals surface area contributed by atoms with E-state index in [1.54, 1.807) is 0 Å². The molecule has 0 aliphatic rings. The first kappa shape index (κ1) is 9.06. The number of nitrogens with zero attached hydrogens (tertiary/aromatic N) is 2. The maximum Gasteiger partial charge on any atom is 0.360 e. The summed E-state index contributed by atoms with van der Waals surface area (Å²) in [4.78, 5) is 44.3. The van der Waals surface area contributed by atoms with E-state index < -0.39 is 22.8 Å². The van der Waals surface area contributed by atoms with Crippen molar-refractivity contribution in [3.8, 4) is 0 Å². The molecule has 8 nitrogen and oxygen atoms in total. The minimum atomic E-state index is -1.50. The summed E-state index contributed by atoms with van der Waals surface area (Å²) in [5.74, 6) is -1.50. The third-order valence-corrected chi connectivity index (χ3v) is 1.70. The monoisotopic (exact) mass is 208 g/mol. The zero-order valence-electron chi connectivity index (χ0n) is 7.14. The molecule has 0 atom stereocenters. The number of fused-ring (bicyclic) bond motifs is 1. The van der Waals surface area contributed by atoms with Crippen molar-refractivity contribution in [3.63, 3.8) is 0 Å². The van der Waals surface area contributed by atoms with Gasteiger partial charge in [-0.15, -0.1) is 0 Å². The minimum Gasteiger partial charge on any atom is -0.476 e. The first-order chi connectivity index (χ1) is 7.09. The smallest absolute Gasteiger partial charge is 0.360 e. The predicted molar refractivity (Wildman–Crippen MR) is 47.7 cm³/mol. The normalized spacial score (nSPS) is 10.4. The van der Waals surface area contributed by atoms with Crippen molar-refractivity contribution in [2.45, 2.75) is 0 Å². The van der Waals surface area contributed by atoms with E-state index in [1.807, 2.05) is 0 Å². The van der Waals surface area contributed by atoms with Gasteiger partial charge in [-0.2, -0.15) is 0 Å². The lowest BCUT2D eigenvalue weighted by Crippen LogP contribution is -2.23. The van der Waals surface area contributed by atoms with Gasteiger partial charge in [0.05, 0.1) is 6.33 Å². The molecule has 0 saturated carbocycles. The van der Waals surface area contributed by atoms with Crippen molar-refractivity contribution in [1.29, 1.82) is 0 Å². The highest BCUT2D eigenvalue weighted by atomic mass is 16.4. The number of hydrogen-bond acceptors (Lipinski definition) is 5. The summed E-state index contributed by atoms with van der Waals surface area (Å²) >= 11 is 0. The van der Waals surface area contributed by atoms with E-state index in [9.17, 15) is 14.4 Å². The Morgan fingerprint density at radius 1 is 1.33 bits per heavy atom. The zero-order valence-corrected chi connectivity index (χ0v) is 7.14. The third kappa shape index (κ3) is 1.37. The van der Waals surface area contributed by atoms with Gasteiger partial charge in [-0.3, -0.25) is 9.59 Å². The molecule has 2 rings (SSSR count). The van der Waals surface area contributed by atoms with E-state index in [4.69, 9.17) is 5.11 Å². The highest BCUT2D eigenvalue weighted by molar-refractivity contribution is 5.86. The van der Waals surface area contributed by atoms with Gasteiger partial charge in [0.1, 0.15) is 0 Å². The first-order valence-corrected chi connectivity index (χ1v) is 3.80. The van der Waals surface area contributed by atoms with Crippen LogP contribution < -0.4 is 11.1 Å². The number of aromatic nitrogens is 4. The van der Waals surface area contributed by atoms with Gasteiger partial charge >= 0.3 is 5.97 Å². The average Bonchev–Trinajstić information content (AvgIpc) is 2.16. The third-order valence-electron chi connectivity index (χ3n) is 1.70. The summed E-state index contributed by atoms with van der Waals surface area (Å²) in [6.45, 7) is 0. The molecule has 0 unspecified atom stereocenters. The molecule has 0 radical (unpaired) electrons. The lowest BCUT2D eigenvalue weighted by molar-refractivity contribution is 0.0689. The summed E-state index contributed by atoms with van der Waals surface area (Å²) in [6, 6.07) is 0. The number of carboxylic acids is 1. The molecule has 8 heteroatoms. The number of carboxylic acid groups (broad SMARTS) is 1. The van der Waals surface area contributed by atoms with Crippen LogP contribution in [0.3, 0.4) is 0 Å². The number of aromatic amines is 2. The molecule has 2 heterocycles. The second-order valence-electron chi connectivity index (χ2n) is 2.65. The molecule has 2 aromatic rings. The topological polar surface area (TPSA) is 129 Å². The van der Waals surface area contributed by atoms with Gasteiger partial charge in [-0.05, 0) is 0 Å². The Labute approximate surface area is 80.6 Å². The van der Waals surface area contributed by atoms with E-state index in [2.05, 4.69) is 19.9 Å². The van der Waals surface area contributed by atoms with Crippen LogP contribution in [-0.4, -0.2) is 31.0 Å². The highest BCUT2D eigenvalue weighted by Gasteiger charge is 2.13. The lowest BCUT2D eigenvalue weighted by atomic mass is 10.4. The van der Waals surface area contributed by atoms with E-state index in [1.165, 1.54) is 0 Å². The number of aromatic carboxylic acids is 1. The second kappa shape index (κ2) is 3.01. The molecule has 0 spiro atoms. The van der Waals surface area contributed by atoms with Gasteiger partial charge in [0.15, 0.2) is 11.2 Å². The van der Waals surface area contributed by atoms with Crippen LogP contribution in [0.15, 0.2) is 15.9 Å². The van der Waals surface area contributed by atoms with Crippen LogP contribution in [0.1, 0.15) is 10.5 Å². The minimum absolute atomic E-state index is 0.0475. The number of H-pyrrole nitrogens is 2. The Hall–Kier alpha value is -2.51. The van der Waals surface area contributed by atoms with Gasteiger partial charge in [0.25, 0.3) is 11.1 Å². The summed E-state index contributed by atoms with van der Waals surface area (Å²) in [5, 5.41) is 8.60. The summed E-state index contributed by atoms with van der Waals surface area (Å²) in [6.07, 6.45) is 1.09. The van der Waals surface area contributed by atoms with Gasteiger partial charge in [-0.25, -0.2) is 14.8 Å². The van der Waals surface area contributed by atoms with Crippen LogP contribution in [0.5, 0.6) is 0 Å². The van der Waals surface area contributed by atoms with E-state index in [-0.39, 0.29) is 11.2 Å². The number of rotatable bonds is 1. The summed E-state index contributed by atoms with van der Waals surface area (Å²) in [5.41, 5.74) is -2.50. The van der Waals surface area contributed by atoms with Crippen LogP contribution >= 0.6 is 0 Å². The predicted octanol–water partition coefficient (Wildman–Crippen LogP) is -1.30. The molecular formula is C7H4N4O4. The number of hydrogen-bond donors (Lipinski definition) is 3. The van der Waals surface area contributed by atoms with Gasteiger partial charge in [0, 0.05) is 0 Å². The van der Waals surface area contributed by atoms with Crippen LogP contribution in [0.2, 0.25) is 0 Å². The lowest BCUT2D eigenvalue weighted by Gasteiger charge is -1.95. The van der Waals surface area contributed by atoms with E-state index in [0.29, 0.717) is 0 Å². The molecule has 0 amide bonds. The van der Waals surface area contributed by atoms with Crippen LogP contribution in [0, 0.1) is 0 Å². The fourth-order valence-corrected chi connectivity index (χ4v) is 1.06. The second-order valence-corrected chi connectivity index (χ2v) is 2.65. The van der Waals surface area contributed by atoms with Crippen molar-refractivity contribution in [2.75, 3.05) is 0 Å². The standard InChI is InChI=1S/C7H4N4O4/c12-5-2-4(8-1-9-5)11-6(13)3(10-2)7(14)15/h1H,(H,14,15)(H2,8,9,11,12,13). The fourth-order valence-electron chi connectivity index (χ4n) is 1.06. The molecule has 0 aliphatic heterocycles. The Morgan fingerprint density at radius 3 is 2.73 bits per heavy atom. The SMILES string of the molecule is O=C(O)c1nc2c(=O)[nH]cnc2[nH]c1=O. The van der Waals surface area contributed by atoms with Gasteiger partial charge in [-0.1, -0.05) is 0 Å². The molecule has 0 aliphatic carbocycles. The van der Waals surface area contributed by atoms with E-state index >= 15 is 0 Å². The molecule has 0 fully saturated rings. The quantitative estimate of drug-likeness (QED) is 0.534. The Balaban J connectivity index is 2.96. The first-order valence-electron chi connectivity index (χ1n) is 3.80. The Morgan fingerprint density at radius 2 is 2.07 bits per heavy atom. The van der Waals surface area contributed by atoms with Crippen LogP contribution in [0.25, 0.3) is 11.2 Å². The molecule has 0 saturated heterocycles. The number of nitrogens with one attached hydrogen (secondary N) is 2. The maximum absolute atomic E-state index is 11.2. The maximum atomic E-state index is 11.2. The van der Waals surface area contributed by atoms with Crippen LogP contribution in [-0.2, 0) is 0 Å². The van der Waals surface area contributed by atoms with Gasteiger partial charge < -0.3 is 15.1 Å². The molecule has 15 heavy (non-hydrogen) atoms. The fraction of sp³-hybridized carbons (Fsp3) is 0. The van der Waals surface area contributed by atoms with Crippen molar-refractivity contribution in [3.05, 3.63) is 32.7 Å². The summed E-state index contributed by atoms with van der Waals surface area (Å²) in [7, 11) is 0. The van der Waals surface area contributed by atoms with Crippen molar-refractivity contribution in [2.24, 2.45) is 0 Å². The van der Waals surface area contributed by atoms with Gasteiger partial charge in [0.2, 0.25) is 5.69 Å². The molecule has 3 N–H and O–H groups in total. The van der Waals surface area contributed by atoms with Crippen molar-refractivity contribution < 1.29 is 9.90 Å². The Kier molecular flexibility index (Phi) is 1.82. The zero-order chi connectivity index (χ0) is 11.0. The highest BCUT2D eigenvalue weighted by Crippen LogP contribution is 1.95. The largest absolute Gasteiger partial charge is 0.476 e. The molecule has 2 aromatic heterocycles. The molecule has 0 aromatic carbocycles. The Bertz CT molecular complexity index is 656. The molecule has 0 bridgehead atoms. The summed E-state index contributed by atoms with van der Waals surface area (Å²) < 4.78 is 0.